The predicted octanol–water partition coefficient (Wildman–Crippen LogP) is -2.46. The number of hydrogen-bond donors (Lipinski definition) is 4. The molecule has 0 aliphatic carbocycles. The molecule has 0 spiro atoms. The monoisotopic (exact) mass is 306 g/mol. The van der Waals surface area contributed by atoms with Crippen molar-refractivity contribution in [3.8, 4) is 11.8 Å². The smallest absolute Gasteiger partial charge is 0.481 e. The van der Waals surface area contributed by atoms with Crippen LogP contribution in [0.2, 0.25) is 0 Å². The van der Waals surface area contributed by atoms with Gasteiger partial charge >= 0.3 is 14.2 Å². The largest absolute Gasteiger partial charge is 0.493 e. The minimum absolute atomic E-state index is 0.238. The van der Waals surface area contributed by atoms with Crippen LogP contribution in [0.3, 0.4) is 0 Å². The topological polar surface area (TPSA) is 125 Å². The number of aromatic nitrogens is 2. The quantitative estimate of drug-likeness (QED) is 0.458. The number of nitrogens with zero attached hydrogens (tertiary/aromatic N) is 2. The molecule has 0 saturated heterocycles. The van der Waals surface area contributed by atoms with Crippen LogP contribution < -0.4 is 20.4 Å². The highest BCUT2D eigenvalue weighted by Gasteiger charge is 2.17. The summed E-state index contributed by atoms with van der Waals surface area (Å²) in [4.78, 5) is 7.55. The number of pyridine rings is 2. The Labute approximate surface area is 128 Å². The third-order valence-electron chi connectivity index (χ3n) is 2.54. The van der Waals surface area contributed by atoms with Crippen molar-refractivity contribution in [1.82, 2.24) is 9.97 Å². The minimum atomic E-state index is -1.53. The van der Waals surface area contributed by atoms with Gasteiger partial charge in [0.05, 0.1) is 14.2 Å². The van der Waals surface area contributed by atoms with E-state index in [-0.39, 0.29) is 22.7 Å². The van der Waals surface area contributed by atoms with Crippen molar-refractivity contribution in [3.63, 3.8) is 0 Å². The molecule has 0 fully saturated rings. The molecule has 10 heteroatoms. The SMILES string of the molecule is COc1ncccc1B(O)O.COc1ncccc1B(O)O. The summed E-state index contributed by atoms with van der Waals surface area (Å²) in [6.45, 7) is 0. The minimum Gasteiger partial charge on any atom is -0.481 e. The summed E-state index contributed by atoms with van der Waals surface area (Å²) in [6, 6.07) is 6.29. The zero-order valence-electron chi connectivity index (χ0n) is 12.1. The lowest BCUT2D eigenvalue weighted by molar-refractivity contribution is 0.390. The number of hydrogen-bond acceptors (Lipinski definition) is 8. The molecule has 0 aliphatic heterocycles. The molecule has 116 valence electrons. The maximum atomic E-state index is 8.77. The summed E-state index contributed by atoms with van der Waals surface area (Å²) in [7, 11) is -0.208. The van der Waals surface area contributed by atoms with Gasteiger partial charge in [0.25, 0.3) is 0 Å². The van der Waals surface area contributed by atoms with Gasteiger partial charge in [0.2, 0.25) is 11.8 Å². The van der Waals surface area contributed by atoms with Gasteiger partial charge in [-0.25, -0.2) is 9.97 Å². The van der Waals surface area contributed by atoms with E-state index in [0.717, 1.165) is 0 Å². The third kappa shape index (κ3) is 5.01. The van der Waals surface area contributed by atoms with Crippen LogP contribution in [0.15, 0.2) is 36.7 Å². The Morgan fingerprint density at radius 2 is 1.14 bits per heavy atom. The summed E-state index contributed by atoms with van der Waals surface area (Å²) < 4.78 is 9.55. The molecule has 4 N–H and O–H groups in total. The summed E-state index contributed by atoms with van der Waals surface area (Å²) in [5.41, 5.74) is 0.546. The fraction of sp³-hybridized carbons (Fsp3) is 0.167. The van der Waals surface area contributed by atoms with Gasteiger partial charge < -0.3 is 29.6 Å². The average Bonchev–Trinajstić information content (AvgIpc) is 2.55. The van der Waals surface area contributed by atoms with Crippen LogP contribution in [0, 0.1) is 0 Å². The maximum absolute atomic E-state index is 8.77. The second kappa shape index (κ2) is 9.00. The summed E-state index contributed by atoms with van der Waals surface area (Å²) in [5.74, 6) is 0.477. The average molecular weight is 306 g/mol. The molecule has 2 rings (SSSR count). The third-order valence-corrected chi connectivity index (χ3v) is 2.54. The highest BCUT2D eigenvalue weighted by atomic mass is 16.5. The van der Waals surface area contributed by atoms with Gasteiger partial charge in [0, 0.05) is 23.3 Å². The lowest BCUT2D eigenvalue weighted by Gasteiger charge is -2.03. The van der Waals surface area contributed by atoms with Crippen LogP contribution in [-0.2, 0) is 0 Å². The lowest BCUT2D eigenvalue weighted by Crippen LogP contribution is -2.31. The molecule has 2 aromatic heterocycles. The zero-order chi connectivity index (χ0) is 16.5. The van der Waals surface area contributed by atoms with Crippen molar-refractivity contribution in [3.05, 3.63) is 36.7 Å². The molecule has 0 atom stereocenters. The first-order valence-electron chi connectivity index (χ1n) is 6.21. The Morgan fingerprint density at radius 3 is 1.36 bits per heavy atom. The molecule has 2 aromatic rings. The first-order valence-corrected chi connectivity index (χ1v) is 6.21. The Kier molecular flexibility index (Phi) is 7.33. The van der Waals surface area contributed by atoms with Crippen LogP contribution in [0.4, 0.5) is 0 Å². The molecule has 8 nitrogen and oxygen atoms in total. The van der Waals surface area contributed by atoms with E-state index < -0.39 is 14.2 Å². The lowest BCUT2D eigenvalue weighted by atomic mass is 9.81. The van der Waals surface area contributed by atoms with E-state index in [0.29, 0.717) is 0 Å². The normalized spacial score (nSPS) is 9.36. The van der Waals surface area contributed by atoms with Gasteiger partial charge in [-0.1, -0.05) is 12.1 Å². The van der Waals surface area contributed by atoms with Gasteiger partial charge in [0.1, 0.15) is 0 Å². The molecular weight excluding hydrogens is 290 g/mol. The van der Waals surface area contributed by atoms with Crippen molar-refractivity contribution in [2.45, 2.75) is 0 Å². The van der Waals surface area contributed by atoms with Gasteiger partial charge in [-0.05, 0) is 12.1 Å². The molecular formula is C12H16B2N2O6. The van der Waals surface area contributed by atoms with Crippen LogP contribution >= 0.6 is 0 Å². The predicted molar refractivity (Wildman–Crippen MR) is 81.2 cm³/mol. The van der Waals surface area contributed by atoms with E-state index in [1.807, 2.05) is 0 Å². The van der Waals surface area contributed by atoms with Crippen molar-refractivity contribution in [2.75, 3.05) is 14.2 Å². The van der Waals surface area contributed by atoms with Crippen LogP contribution in [-0.4, -0.2) is 58.5 Å². The number of rotatable bonds is 4. The maximum Gasteiger partial charge on any atom is 0.493 e. The van der Waals surface area contributed by atoms with Gasteiger partial charge in [-0.15, -0.1) is 0 Å². The second-order valence-electron chi connectivity index (χ2n) is 3.95. The molecule has 0 aromatic carbocycles. The van der Waals surface area contributed by atoms with Crippen LogP contribution in [0.1, 0.15) is 0 Å². The van der Waals surface area contributed by atoms with Gasteiger partial charge in [0.15, 0.2) is 0 Å². The molecule has 0 unspecified atom stereocenters. The van der Waals surface area contributed by atoms with Crippen molar-refractivity contribution in [1.29, 1.82) is 0 Å². The fourth-order valence-electron chi connectivity index (χ4n) is 1.54. The van der Waals surface area contributed by atoms with Crippen LogP contribution in [0.5, 0.6) is 11.8 Å². The Morgan fingerprint density at radius 1 is 0.773 bits per heavy atom. The fourth-order valence-corrected chi connectivity index (χ4v) is 1.54. The molecule has 0 bridgehead atoms. The molecule has 22 heavy (non-hydrogen) atoms. The first kappa shape index (κ1) is 17.9. The number of methoxy groups -OCH3 is 2. The van der Waals surface area contributed by atoms with E-state index in [1.54, 1.807) is 12.1 Å². The van der Waals surface area contributed by atoms with Crippen LogP contribution in [0.25, 0.3) is 0 Å². The van der Waals surface area contributed by atoms with E-state index in [2.05, 4.69) is 9.97 Å². The Balaban J connectivity index is 0.000000220. The van der Waals surface area contributed by atoms with Crippen molar-refractivity contribution in [2.24, 2.45) is 0 Å². The standard InChI is InChI=1S/2C6H8BNO3/c2*1-11-6-5(7(9)10)3-2-4-8-6/h2*2-4,9-10H,1H3. The summed E-state index contributed by atoms with van der Waals surface area (Å²) in [6.07, 6.45) is 3.04. The summed E-state index contributed by atoms with van der Waals surface area (Å²) >= 11 is 0. The van der Waals surface area contributed by atoms with Gasteiger partial charge in [-0.3, -0.25) is 0 Å². The molecule has 2 heterocycles. The second-order valence-corrected chi connectivity index (χ2v) is 3.95. The van der Waals surface area contributed by atoms with Crippen molar-refractivity contribution < 1.29 is 29.6 Å². The van der Waals surface area contributed by atoms with Gasteiger partial charge in [-0.2, -0.15) is 0 Å². The van der Waals surface area contributed by atoms with E-state index in [1.165, 1.54) is 38.7 Å². The highest BCUT2D eigenvalue weighted by molar-refractivity contribution is 6.59. The molecule has 0 radical (unpaired) electrons. The molecule has 0 saturated carbocycles. The van der Waals surface area contributed by atoms with E-state index >= 15 is 0 Å². The highest BCUT2D eigenvalue weighted by Crippen LogP contribution is 2.00. The molecule has 0 amide bonds. The Bertz CT molecular complexity index is 534. The number of ether oxygens (including phenoxy) is 2. The Hall–Kier alpha value is -2.13. The first-order chi connectivity index (χ1) is 10.5. The summed E-state index contributed by atoms with van der Waals surface area (Å²) in [5, 5.41) is 35.1. The molecule has 0 aliphatic rings. The van der Waals surface area contributed by atoms with Crippen molar-refractivity contribution >= 4 is 25.2 Å². The van der Waals surface area contributed by atoms with E-state index in [9.17, 15) is 0 Å². The van der Waals surface area contributed by atoms with E-state index in [4.69, 9.17) is 29.6 Å². The zero-order valence-corrected chi connectivity index (χ0v) is 12.1.